The summed E-state index contributed by atoms with van der Waals surface area (Å²) in [7, 11) is 0. The highest BCUT2D eigenvalue weighted by Crippen LogP contribution is 2.68. The molecular formula is C21H30O3. The number of Topliss-reactive ketones (excluding diaryl/α,β-unsaturated/α-hetero) is 1. The van der Waals surface area contributed by atoms with E-state index in [1.807, 2.05) is 0 Å². The minimum Gasteiger partial charge on any atom is -0.390 e. The molecule has 4 unspecified atom stereocenters. The highest BCUT2D eigenvalue weighted by Gasteiger charge is 2.67. The van der Waals surface area contributed by atoms with Crippen molar-refractivity contribution in [3.63, 3.8) is 0 Å². The van der Waals surface area contributed by atoms with Crippen LogP contribution in [-0.4, -0.2) is 27.2 Å². The molecule has 0 aromatic rings. The second-order valence-corrected chi connectivity index (χ2v) is 11.3. The Morgan fingerprint density at radius 1 is 0.625 bits per heavy atom. The molecule has 0 amide bonds. The molecule has 0 saturated heterocycles. The fourth-order valence-electron chi connectivity index (χ4n) is 9.52. The summed E-state index contributed by atoms with van der Waals surface area (Å²) in [5.41, 5.74) is -1.61. The van der Waals surface area contributed by atoms with Crippen LogP contribution in [0.4, 0.5) is 0 Å². The monoisotopic (exact) mass is 330 g/mol. The van der Waals surface area contributed by atoms with Crippen molar-refractivity contribution < 1.29 is 15.0 Å². The SMILES string of the molecule is O=C(C12CC3CC(CC(O)(C3)C1)C2)C12CC3CC(CC(O)(C3)C1)C2. The van der Waals surface area contributed by atoms with Crippen molar-refractivity contribution in [1.29, 1.82) is 0 Å². The molecule has 8 bridgehead atoms. The van der Waals surface area contributed by atoms with Crippen LogP contribution < -0.4 is 0 Å². The van der Waals surface area contributed by atoms with Crippen molar-refractivity contribution in [1.82, 2.24) is 0 Å². The van der Waals surface area contributed by atoms with Crippen LogP contribution in [0.3, 0.4) is 0 Å². The highest BCUT2D eigenvalue weighted by molar-refractivity contribution is 5.91. The Hall–Kier alpha value is -0.410. The van der Waals surface area contributed by atoms with E-state index >= 15 is 0 Å². The van der Waals surface area contributed by atoms with Crippen molar-refractivity contribution in [2.24, 2.45) is 34.5 Å². The van der Waals surface area contributed by atoms with Crippen molar-refractivity contribution in [3.8, 4) is 0 Å². The zero-order valence-corrected chi connectivity index (χ0v) is 14.6. The van der Waals surface area contributed by atoms with E-state index in [0.717, 1.165) is 64.2 Å². The second kappa shape index (κ2) is 4.11. The lowest BCUT2D eigenvalue weighted by Crippen LogP contribution is -2.65. The molecule has 8 rings (SSSR count). The number of carbonyl (C=O) groups excluding carboxylic acids is 1. The van der Waals surface area contributed by atoms with Gasteiger partial charge in [-0.25, -0.2) is 0 Å². The quantitative estimate of drug-likeness (QED) is 0.817. The van der Waals surface area contributed by atoms with Gasteiger partial charge < -0.3 is 10.2 Å². The van der Waals surface area contributed by atoms with Gasteiger partial charge in [0.2, 0.25) is 0 Å². The first-order valence-corrected chi connectivity index (χ1v) is 10.3. The maximum absolute atomic E-state index is 14.0. The van der Waals surface area contributed by atoms with E-state index in [4.69, 9.17) is 0 Å². The van der Waals surface area contributed by atoms with Gasteiger partial charge in [-0.2, -0.15) is 0 Å². The Kier molecular flexibility index (Phi) is 2.52. The van der Waals surface area contributed by atoms with E-state index in [-0.39, 0.29) is 10.8 Å². The van der Waals surface area contributed by atoms with Crippen LogP contribution in [0.15, 0.2) is 0 Å². The number of aliphatic hydroxyl groups is 2. The number of hydrogen-bond donors (Lipinski definition) is 2. The van der Waals surface area contributed by atoms with Gasteiger partial charge in [0.25, 0.3) is 0 Å². The Bertz CT molecular complexity index is 543. The van der Waals surface area contributed by atoms with Crippen LogP contribution in [0.1, 0.15) is 77.0 Å². The van der Waals surface area contributed by atoms with Gasteiger partial charge in [0.1, 0.15) is 5.78 Å². The molecule has 132 valence electrons. The predicted octanol–water partition coefficient (Wildman–Crippen LogP) is 3.22. The third kappa shape index (κ3) is 1.79. The summed E-state index contributed by atoms with van der Waals surface area (Å²) < 4.78 is 0. The minimum atomic E-state index is -0.557. The lowest BCUT2D eigenvalue weighted by molar-refractivity contribution is -0.206. The molecule has 0 aliphatic heterocycles. The van der Waals surface area contributed by atoms with Gasteiger partial charge in [0.15, 0.2) is 0 Å². The molecule has 0 radical (unpaired) electrons. The normalized spacial score (nSPS) is 63.1. The predicted molar refractivity (Wildman–Crippen MR) is 89.1 cm³/mol. The highest BCUT2D eigenvalue weighted by atomic mass is 16.3. The van der Waals surface area contributed by atoms with E-state index < -0.39 is 11.2 Å². The van der Waals surface area contributed by atoms with Crippen LogP contribution in [0.25, 0.3) is 0 Å². The summed E-state index contributed by atoms with van der Waals surface area (Å²) in [5, 5.41) is 22.1. The van der Waals surface area contributed by atoms with Gasteiger partial charge in [0, 0.05) is 10.8 Å². The number of ketones is 1. The Balaban J connectivity index is 1.39. The number of hydrogen-bond acceptors (Lipinski definition) is 3. The molecule has 0 heterocycles. The van der Waals surface area contributed by atoms with Crippen LogP contribution in [0, 0.1) is 34.5 Å². The average molecular weight is 330 g/mol. The average Bonchev–Trinajstić information content (AvgIpc) is 2.41. The van der Waals surface area contributed by atoms with E-state index in [1.165, 1.54) is 12.8 Å². The maximum Gasteiger partial charge on any atom is 0.145 e. The van der Waals surface area contributed by atoms with Crippen LogP contribution in [0.5, 0.6) is 0 Å². The smallest absolute Gasteiger partial charge is 0.145 e. The van der Waals surface area contributed by atoms with E-state index in [0.29, 0.717) is 29.5 Å². The first-order valence-electron chi connectivity index (χ1n) is 10.3. The lowest BCUT2D eigenvalue weighted by atomic mass is 9.40. The molecule has 8 fully saturated rings. The fourth-order valence-corrected chi connectivity index (χ4v) is 9.52. The molecule has 2 N–H and O–H groups in total. The molecule has 0 aromatic carbocycles. The molecule has 3 nitrogen and oxygen atoms in total. The summed E-state index contributed by atoms with van der Waals surface area (Å²) in [6, 6.07) is 0. The van der Waals surface area contributed by atoms with Gasteiger partial charge in [-0.05, 0) is 101 Å². The number of carbonyl (C=O) groups is 1. The topological polar surface area (TPSA) is 57.5 Å². The standard InChI is InChI=1S/C21H30O3/c22-17(18-3-13-1-14(4-18)8-20(23,7-13)11-18)19-5-15-2-16(6-19)10-21(24,9-15)12-19/h13-16,23-24H,1-12H2. The molecule has 0 spiro atoms. The summed E-state index contributed by atoms with van der Waals surface area (Å²) >= 11 is 0. The Morgan fingerprint density at radius 2 is 0.958 bits per heavy atom. The molecule has 0 aromatic heterocycles. The van der Waals surface area contributed by atoms with Crippen molar-refractivity contribution >= 4 is 5.78 Å². The van der Waals surface area contributed by atoms with E-state index in [1.54, 1.807) is 0 Å². The van der Waals surface area contributed by atoms with Gasteiger partial charge >= 0.3 is 0 Å². The largest absolute Gasteiger partial charge is 0.390 e. The van der Waals surface area contributed by atoms with Crippen LogP contribution in [0.2, 0.25) is 0 Å². The Labute approximate surface area is 144 Å². The molecule has 4 atom stereocenters. The summed E-state index contributed by atoms with van der Waals surface area (Å²) in [6.45, 7) is 0. The maximum atomic E-state index is 14.0. The second-order valence-electron chi connectivity index (χ2n) is 11.3. The Morgan fingerprint density at radius 3 is 1.25 bits per heavy atom. The summed E-state index contributed by atoms with van der Waals surface area (Å²) in [4.78, 5) is 14.0. The summed E-state index contributed by atoms with van der Waals surface area (Å²) in [5.74, 6) is 2.75. The van der Waals surface area contributed by atoms with E-state index in [9.17, 15) is 15.0 Å². The third-order valence-electron chi connectivity index (χ3n) is 9.02. The van der Waals surface area contributed by atoms with Gasteiger partial charge in [-0.15, -0.1) is 0 Å². The van der Waals surface area contributed by atoms with Crippen LogP contribution in [-0.2, 0) is 4.79 Å². The van der Waals surface area contributed by atoms with E-state index in [2.05, 4.69) is 0 Å². The van der Waals surface area contributed by atoms with Crippen molar-refractivity contribution in [2.75, 3.05) is 0 Å². The van der Waals surface area contributed by atoms with Gasteiger partial charge in [-0.1, -0.05) is 0 Å². The summed E-state index contributed by atoms with van der Waals surface area (Å²) in [6.07, 6.45) is 11.8. The van der Waals surface area contributed by atoms with Crippen molar-refractivity contribution in [2.45, 2.75) is 88.3 Å². The molecule has 3 heteroatoms. The third-order valence-corrected chi connectivity index (χ3v) is 9.02. The molecular weight excluding hydrogens is 300 g/mol. The van der Waals surface area contributed by atoms with Gasteiger partial charge in [0.05, 0.1) is 11.2 Å². The van der Waals surface area contributed by atoms with Crippen LogP contribution >= 0.6 is 0 Å². The first kappa shape index (κ1) is 14.7. The molecule has 8 aliphatic carbocycles. The minimum absolute atomic E-state index is 0.249. The number of rotatable bonds is 2. The zero-order chi connectivity index (χ0) is 16.4. The van der Waals surface area contributed by atoms with Gasteiger partial charge in [-0.3, -0.25) is 4.79 Å². The first-order chi connectivity index (χ1) is 11.3. The fraction of sp³-hybridized carbons (Fsp3) is 0.952. The zero-order valence-electron chi connectivity index (χ0n) is 14.6. The molecule has 8 aliphatic rings. The van der Waals surface area contributed by atoms with Crippen molar-refractivity contribution in [3.05, 3.63) is 0 Å². The molecule has 8 saturated carbocycles. The lowest BCUT2D eigenvalue weighted by Gasteiger charge is -2.65. The molecule has 24 heavy (non-hydrogen) atoms.